The van der Waals surface area contributed by atoms with Crippen LogP contribution in [0.3, 0.4) is 0 Å². The van der Waals surface area contributed by atoms with Crippen molar-refractivity contribution in [2.45, 2.75) is 13.0 Å². The summed E-state index contributed by atoms with van der Waals surface area (Å²) in [6, 6.07) is 5.66. The van der Waals surface area contributed by atoms with Gasteiger partial charge < -0.3 is 15.8 Å². The molecule has 0 aliphatic heterocycles. The van der Waals surface area contributed by atoms with Crippen LogP contribution in [0.1, 0.15) is 6.92 Å². The topological polar surface area (TPSA) is 90.4 Å². The van der Waals surface area contributed by atoms with Gasteiger partial charge in [0.05, 0.1) is 12.8 Å². The number of nitrogens with one attached hydrogen (secondary N) is 1. The third-order valence-corrected chi connectivity index (χ3v) is 3.22. The zero-order valence-electron chi connectivity index (χ0n) is 12.5. The number of ether oxygens (including phenoxy) is 1. The summed E-state index contributed by atoms with van der Waals surface area (Å²) in [7, 11) is 1.67. The SMILES string of the molecule is COC[C@H](C)Nc1ccnc(-c2cnc3ccc(N)cn23)n1. The second kappa shape index (κ2) is 5.98. The number of anilines is 2. The number of imidazole rings is 1. The molecule has 0 radical (unpaired) electrons. The van der Waals surface area contributed by atoms with Crippen LogP contribution in [0.2, 0.25) is 0 Å². The normalized spacial score (nSPS) is 12.5. The first-order chi connectivity index (χ1) is 10.7. The molecule has 3 aromatic rings. The zero-order chi connectivity index (χ0) is 15.5. The van der Waals surface area contributed by atoms with Gasteiger partial charge >= 0.3 is 0 Å². The third kappa shape index (κ3) is 2.84. The minimum absolute atomic E-state index is 0.158. The molecule has 0 aromatic carbocycles. The van der Waals surface area contributed by atoms with Crippen molar-refractivity contribution in [3.63, 3.8) is 0 Å². The third-order valence-electron chi connectivity index (χ3n) is 3.22. The van der Waals surface area contributed by atoms with E-state index in [2.05, 4.69) is 20.3 Å². The van der Waals surface area contributed by atoms with Gasteiger partial charge in [0.2, 0.25) is 0 Å². The molecule has 3 heterocycles. The number of hydrogen-bond donors (Lipinski definition) is 2. The number of pyridine rings is 1. The van der Waals surface area contributed by atoms with Gasteiger partial charge in [0.1, 0.15) is 17.2 Å². The Morgan fingerprint density at radius 3 is 3.00 bits per heavy atom. The van der Waals surface area contributed by atoms with Crippen molar-refractivity contribution in [3.8, 4) is 11.5 Å². The second-order valence-electron chi connectivity index (χ2n) is 5.10. The standard InChI is InChI=1S/C15H18N6O/c1-10(9-22-2)19-13-5-6-17-15(20-13)12-7-18-14-4-3-11(16)8-21(12)14/h3-8,10H,9,16H2,1-2H3,(H,17,19,20)/t10-/m0/s1. The van der Waals surface area contributed by atoms with Crippen molar-refractivity contribution in [2.24, 2.45) is 0 Å². The molecule has 0 aliphatic carbocycles. The Morgan fingerprint density at radius 2 is 2.18 bits per heavy atom. The largest absolute Gasteiger partial charge is 0.398 e. The summed E-state index contributed by atoms with van der Waals surface area (Å²) < 4.78 is 7.00. The number of nitrogen functional groups attached to an aromatic ring is 1. The Hall–Kier alpha value is -2.67. The summed E-state index contributed by atoms with van der Waals surface area (Å²) in [5, 5.41) is 3.27. The van der Waals surface area contributed by atoms with Crippen molar-refractivity contribution >= 4 is 17.2 Å². The Bertz CT molecular complexity index is 785. The first kappa shape index (κ1) is 14.3. The molecule has 0 saturated carbocycles. The Balaban J connectivity index is 1.95. The molecule has 3 N–H and O–H groups in total. The van der Waals surface area contributed by atoms with Crippen LogP contribution in [0.5, 0.6) is 0 Å². The molecule has 0 bridgehead atoms. The molecule has 114 valence electrons. The molecular weight excluding hydrogens is 280 g/mol. The van der Waals surface area contributed by atoms with Gasteiger partial charge in [-0.2, -0.15) is 0 Å². The van der Waals surface area contributed by atoms with Crippen molar-refractivity contribution < 1.29 is 4.74 Å². The number of nitrogens with zero attached hydrogens (tertiary/aromatic N) is 4. The van der Waals surface area contributed by atoms with E-state index in [9.17, 15) is 0 Å². The van der Waals surface area contributed by atoms with E-state index in [4.69, 9.17) is 10.5 Å². The smallest absolute Gasteiger partial charge is 0.180 e. The fraction of sp³-hybridized carbons (Fsp3) is 0.267. The lowest BCUT2D eigenvalue weighted by molar-refractivity contribution is 0.190. The molecule has 1 atom stereocenters. The lowest BCUT2D eigenvalue weighted by Crippen LogP contribution is -2.21. The van der Waals surface area contributed by atoms with Crippen LogP contribution in [-0.2, 0) is 4.74 Å². The maximum Gasteiger partial charge on any atom is 0.180 e. The quantitative estimate of drug-likeness (QED) is 0.746. The predicted octanol–water partition coefficient (Wildman–Crippen LogP) is 1.82. The second-order valence-corrected chi connectivity index (χ2v) is 5.10. The lowest BCUT2D eigenvalue weighted by Gasteiger charge is -2.13. The monoisotopic (exact) mass is 298 g/mol. The number of methoxy groups -OCH3 is 1. The van der Waals surface area contributed by atoms with Crippen molar-refractivity contribution in [1.82, 2.24) is 19.4 Å². The van der Waals surface area contributed by atoms with Crippen LogP contribution in [0.25, 0.3) is 17.2 Å². The average Bonchev–Trinajstić information content (AvgIpc) is 2.90. The predicted molar refractivity (Wildman–Crippen MR) is 85.6 cm³/mol. The molecule has 0 unspecified atom stereocenters. The zero-order valence-corrected chi connectivity index (χ0v) is 12.5. The van der Waals surface area contributed by atoms with E-state index in [0.29, 0.717) is 18.1 Å². The summed E-state index contributed by atoms with van der Waals surface area (Å²) in [6.07, 6.45) is 5.27. The number of fused-ring (bicyclic) bond motifs is 1. The Labute approximate surface area is 128 Å². The van der Waals surface area contributed by atoms with Crippen molar-refractivity contribution in [2.75, 3.05) is 24.8 Å². The summed E-state index contributed by atoms with van der Waals surface area (Å²) in [6.45, 7) is 2.63. The van der Waals surface area contributed by atoms with E-state index >= 15 is 0 Å². The van der Waals surface area contributed by atoms with Gasteiger partial charge in [-0.1, -0.05) is 0 Å². The first-order valence-corrected chi connectivity index (χ1v) is 6.99. The van der Waals surface area contributed by atoms with E-state index in [0.717, 1.165) is 17.2 Å². The van der Waals surface area contributed by atoms with Crippen LogP contribution in [0.15, 0.2) is 36.8 Å². The summed E-state index contributed by atoms with van der Waals surface area (Å²) in [4.78, 5) is 13.2. The van der Waals surface area contributed by atoms with Gasteiger partial charge in [0.25, 0.3) is 0 Å². The van der Waals surface area contributed by atoms with Gasteiger partial charge in [-0.15, -0.1) is 0 Å². The molecule has 7 heteroatoms. The maximum atomic E-state index is 5.84. The van der Waals surface area contributed by atoms with E-state index in [1.54, 1.807) is 19.5 Å². The molecule has 0 amide bonds. The van der Waals surface area contributed by atoms with Gasteiger partial charge in [0.15, 0.2) is 5.82 Å². The van der Waals surface area contributed by atoms with Crippen molar-refractivity contribution in [3.05, 3.63) is 36.8 Å². The van der Waals surface area contributed by atoms with Crippen molar-refractivity contribution in [1.29, 1.82) is 0 Å². The van der Waals surface area contributed by atoms with Crippen LogP contribution in [0, 0.1) is 0 Å². The van der Waals surface area contributed by atoms with Crippen LogP contribution in [0.4, 0.5) is 11.5 Å². The molecule has 7 nitrogen and oxygen atoms in total. The minimum Gasteiger partial charge on any atom is -0.398 e. The van der Waals surface area contributed by atoms with E-state index in [1.807, 2.05) is 35.7 Å². The molecule has 22 heavy (non-hydrogen) atoms. The minimum atomic E-state index is 0.158. The molecular formula is C15H18N6O. The number of hydrogen-bond acceptors (Lipinski definition) is 6. The average molecular weight is 298 g/mol. The van der Waals surface area contributed by atoms with Crippen LogP contribution >= 0.6 is 0 Å². The van der Waals surface area contributed by atoms with Gasteiger partial charge in [-0.3, -0.25) is 4.40 Å². The van der Waals surface area contributed by atoms with Gasteiger partial charge in [-0.25, -0.2) is 15.0 Å². The van der Waals surface area contributed by atoms with E-state index < -0.39 is 0 Å². The summed E-state index contributed by atoms with van der Waals surface area (Å²) >= 11 is 0. The molecule has 0 spiro atoms. The number of aromatic nitrogens is 4. The summed E-state index contributed by atoms with van der Waals surface area (Å²) in [5.41, 5.74) is 8.11. The highest BCUT2D eigenvalue weighted by Crippen LogP contribution is 2.19. The molecule has 0 fully saturated rings. The fourth-order valence-corrected chi connectivity index (χ4v) is 2.27. The highest BCUT2D eigenvalue weighted by Gasteiger charge is 2.10. The van der Waals surface area contributed by atoms with E-state index in [1.165, 1.54) is 0 Å². The lowest BCUT2D eigenvalue weighted by atomic mass is 10.3. The van der Waals surface area contributed by atoms with Crippen LogP contribution in [-0.4, -0.2) is 39.1 Å². The van der Waals surface area contributed by atoms with Gasteiger partial charge in [0, 0.05) is 31.2 Å². The highest BCUT2D eigenvalue weighted by atomic mass is 16.5. The number of nitrogens with two attached hydrogens (primary N) is 1. The van der Waals surface area contributed by atoms with Crippen LogP contribution < -0.4 is 11.1 Å². The van der Waals surface area contributed by atoms with Gasteiger partial charge in [-0.05, 0) is 25.1 Å². The summed E-state index contributed by atoms with van der Waals surface area (Å²) in [5.74, 6) is 1.33. The fourth-order valence-electron chi connectivity index (χ4n) is 2.27. The highest BCUT2D eigenvalue weighted by molar-refractivity contribution is 5.60. The number of rotatable bonds is 5. The molecule has 3 aromatic heterocycles. The van der Waals surface area contributed by atoms with E-state index in [-0.39, 0.29) is 6.04 Å². The first-order valence-electron chi connectivity index (χ1n) is 6.99. The molecule has 0 aliphatic rings. The Morgan fingerprint density at radius 1 is 1.32 bits per heavy atom. The molecule has 3 rings (SSSR count). The maximum absolute atomic E-state index is 5.84. The molecule has 0 saturated heterocycles. The Kier molecular flexibility index (Phi) is 3.88.